The molecule has 0 aliphatic carbocycles. The summed E-state index contributed by atoms with van der Waals surface area (Å²) < 4.78 is 51.6. The number of hydrogen-bond acceptors (Lipinski definition) is 3. The largest absolute Gasteiger partial charge is 0.496 e. The number of methoxy groups -OCH3 is 1. The molecule has 1 saturated heterocycles. The van der Waals surface area contributed by atoms with Gasteiger partial charge in [0.05, 0.1) is 25.3 Å². The van der Waals surface area contributed by atoms with E-state index in [9.17, 15) is 18.0 Å². The van der Waals surface area contributed by atoms with Crippen molar-refractivity contribution in [3.05, 3.63) is 29.6 Å². The molecule has 1 unspecified atom stereocenters. The molecule has 0 radical (unpaired) electrons. The van der Waals surface area contributed by atoms with E-state index in [1.807, 2.05) is 0 Å². The Morgan fingerprint density at radius 3 is 2.86 bits per heavy atom. The molecule has 116 valence electrons. The molecule has 1 aromatic carbocycles. The van der Waals surface area contributed by atoms with Gasteiger partial charge in [0.1, 0.15) is 11.6 Å². The summed E-state index contributed by atoms with van der Waals surface area (Å²) in [5, 5.41) is 2.24. The molecule has 0 spiro atoms. The molecule has 2 rings (SSSR count). The average Bonchev–Trinajstić information content (AvgIpc) is 2.48. The normalized spacial score (nSPS) is 19.1. The van der Waals surface area contributed by atoms with Crippen molar-refractivity contribution in [1.29, 1.82) is 0 Å². The monoisotopic (exact) mass is 303 g/mol. The molecular formula is C14H16F3NO3. The van der Waals surface area contributed by atoms with E-state index in [0.717, 1.165) is 12.1 Å². The summed E-state index contributed by atoms with van der Waals surface area (Å²) in [6, 6.07) is 2.20. The number of nitrogens with one attached hydrogen (secondary N) is 1. The number of rotatable bonds is 4. The summed E-state index contributed by atoms with van der Waals surface area (Å²) in [6.45, 7) is 0.753. The number of amides is 1. The van der Waals surface area contributed by atoms with Crippen molar-refractivity contribution in [2.45, 2.75) is 24.8 Å². The lowest BCUT2D eigenvalue weighted by Gasteiger charge is -2.26. The Balaban J connectivity index is 2.19. The second kappa shape index (κ2) is 6.34. The zero-order valence-corrected chi connectivity index (χ0v) is 11.5. The quantitative estimate of drug-likeness (QED) is 0.928. The van der Waals surface area contributed by atoms with Crippen LogP contribution in [0.5, 0.6) is 5.75 Å². The van der Waals surface area contributed by atoms with E-state index >= 15 is 0 Å². The minimum Gasteiger partial charge on any atom is -0.496 e. The minimum absolute atomic E-state index is 0.197. The molecule has 1 heterocycles. The molecule has 1 aliphatic rings. The van der Waals surface area contributed by atoms with Crippen LogP contribution < -0.4 is 10.1 Å². The fourth-order valence-corrected chi connectivity index (χ4v) is 2.18. The molecule has 0 aromatic heterocycles. The van der Waals surface area contributed by atoms with Crippen molar-refractivity contribution in [2.75, 3.05) is 20.3 Å². The number of carbonyl (C=O) groups is 1. The Morgan fingerprint density at radius 2 is 2.24 bits per heavy atom. The van der Waals surface area contributed by atoms with Gasteiger partial charge in [-0.1, -0.05) is 0 Å². The second-order valence-corrected chi connectivity index (χ2v) is 4.81. The maximum atomic E-state index is 14.2. The third-order valence-corrected chi connectivity index (χ3v) is 3.28. The molecule has 1 fully saturated rings. The number of hydrogen-bond donors (Lipinski definition) is 1. The smallest absolute Gasteiger partial charge is 0.353 e. The highest BCUT2D eigenvalue weighted by atomic mass is 19.3. The number of ether oxygens (including phenoxy) is 2. The molecule has 7 heteroatoms. The van der Waals surface area contributed by atoms with Gasteiger partial charge in [-0.15, -0.1) is 0 Å². The highest BCUT2D eigenvalue weighted by Gasteiger charge is 2.44. The zero-order chi connectivity index (χ0) is 15.5. The molecule has 1 N–H and O–H groups in total. The lowest BCUT2D eigenvalue weighted by atomic mass is 10.0. The van der Waals surface area contributed by atoms with Gasteiger partial charge in [-0.3, -0.25) is 4.79 Å². The van der Waals surface area contributed by atoms with Crippen LogP contribution in [0, 0.1) is 5.82 Å². The molecule has 1 amide bonds. The van der Waals surface area contributed by atoms with Crippen LogP contribution in [-0.2, 0) is 15.5 Å². The summed E-state index contributed by atoms with van der Waals surface area (Å²) in [4.78, 5) is 11.8. The highest BCUT2D eigenvalue weighted by molar-refractivity contribution is 5.85. The third kappa shape index (κ3) is 3.47. The van der Waals surface area contributed by atoms with E-state index in [1.165, 1.54) is 7.11 Å². The van der Waals surface area contributed by atoms with Crippen molar-refractivity contribution in [2.24, 2.45) is 0 Å². The van der Waals surface area contributed by atoms with Crippen LogP contribution in [-0.4, -0.2) is 32.3 Å². The molecule has 21 heavy (non-hydrogen) atoms. The minimum atomic E-state index is -3.88. The summed E-state index contributed by atoms with van der Waals surface area (Å²) in [7, 11) is 1.18. The van der Waals surface area contributed by atoms with Gasteiger partial charge in [0.15, 0.2) is 0 Å². The Morgan fingerprint density at radius 1 is 1.48 bits per heavy atom. The van der Waals surface area contributed by atoms with Gasteiger partial charge in [-0.25, -0.2) is 4.39 Å². The Bertz CT molecular complexity index is 516. The Hall–Kier alpha value is -1.76. The standard InChI is InChI=1S/C14H16F3NO3/c1-20-12-5-4-9(15)7-11(12)14(16,17)13(19)18-10-3-2-6-21-8-10/h4-5,7,10H,2-3,6,8H2,1H3,(H,18,19). The van der Waals surface area contributed by atoms with Crippen LogP contribution in [0.15, 0.2) is 18.2 Å². The first-order chi connectivity index (χ1) is 9.95. The predicted octanol–water partition coefficient (Wildman–Crippen LogP) is 2.22. The molecule has 0 bridgehead atoms. The predicted molar refractivity (Wildman–Crippen MR) is 68.8 cm³/mol. The van der Waals surface area contributed by atoms with Gasteiger partial charge >= 0.3 is 5.92 Å². The fraction of sp³-hybridized carbons (Fsp3) is 0.500. The van der Waals surface area contributed by atoms with E-state index in [4.69, 9.17) is 9.47 Å². The summed E-state index contributed by atoms with van der Waals surface area (Å²) >= 11 is 0. The first-order valence-electron chi connectivity index (χ1n) is 6.55. The number of alkyl halides is 2. The summed E-state index contributed by atoms with van der Waals surface area (Å²) in [5.74, 6) is -6.47. The highest BCUT2D eigenvalue weighted by Crippen LogP contribution is 2.36. The third-order valence-electron chi connectivity index (χ3n) is 3.28. The van der Waals surface area contributed by atoms with Crippen molar-refractivity contribution in [3.63, 3.8) is 0 Å². The maximum Gasteiger partial charge on any atom is 0.353 e. The van der Waals surface area contributed by atoms with E-state index in [-0.39, 0.29) is 12.4 Å². The van der Waals surface area contributed by atoms with Crippen molar-refractivity contribution >= 4 is 5.91 Å². The van der Waals surface area contributed by atoms with Crippen LogP contribution in [0.4, 0.5) is 13.2 Å². The Kier molecular flexibility index (Phi) is 4.72. The first-order valence-corrected chi connectivity index (χ1v) is 6.55. The number of benzene rings is 1. The van der Waals surface area contributed by atoms with Gasteiger partial charge in [0.25, 0.3) is 5.91 Å². The summed E-state index contributed by atoms with van der Waals surface area (Å²) in [6.07, 6.45) is 1.27. The van der Waals surface area contributed by atoms with Crippen molar-refractivity contribution in [3.8, 4) is 5.75 Å². The fourth-order valence-electron chi connectivity index (χ4n) is 2.18. The molecule has 1 atom stereocenters. The van der Waals surface area contributed by atoms with Crippen LogP contribution >= 0.6 is 0 Å². The zero-order valence-electron chi connectivity index (χ0n) is 11.5. The van der Waals surface area contributed by atoms with Crippen molar-refractivity contribution in [1.82, 2.24) is 5.32 Å². The SMILES string of the molecule is COc1ccc(F)cc1C(F)(F)C(=O)NC1CCCOC1. The van der Waals surface area contributed by atoms with Gasteiger partial charge < -0.3 is 14.8 Å². The van der Waals surface area contributed by atoms with Crippen molar-refractivity contribution < 1.29 is 27.4 Å². The first kappa shape index (κ1) is 15.6. The second-order valence-electron chi connectivity index (χ2n) is 4.81. The topological polar surface area (TPSA) is 47.6 Å². The maximum absolute atomic E-state index is 14.2. The molecule has 4 nitrogen and oxygen atoms in total. The van der Waals surface area contributed by atoms with E-state index in [0.29, 0.717) is 25.5 Å². The average molecular weight is 303 g/mol. The van der Waals surface area contributed by atoms with E-state index in [1.54, 1.807) is 0 Å². The molecule has 1 aromatic rings. The van der Waals surface area contributed by atoms with Crippen LogP contribution in [0.25, 0.3) is 0 Å². The Labute approximate surface area is 120 Å². The number of carbonyl (C=O) groups excluding carboxylic acids is 1. The number of halogens is 3. The molecule has 1 aliphatic heterocycles. The lowest BCUT2D eigenvalue weighted by Crippen LogP contribution is -2.47. The molecular weight excluding hydrogens is 287 g/mol. The van der Waals surface area contributed by atoms with E-state index < -0.39 is 29.3 Å². The summed E-state index contributed by atoms with van der Waals surface area (Å²) in [5.41, 5.74) is -0.792. The van der Waals surface area contributed by atoms with Crippen LogP contribution in [0.1, 0.15) is 18.4 Å². The van der Waals surface area contributed by atoms with Gasteiger partial charge in [0.2, 0.25) is 0 Å². The lowest BCUT2D eigenvalue weighted by molar-refractivity contribution is -0.149. The van der Waals surface area contributed by atoms with Crippen LogP contribution in [0.3, 0.4) is 0 Å². The van der Waals surface area contributed by atoms with Crippen LogP contribution in [0.2, 0.25) is 0 Å². The van der Waals surface area contributed by atoms with Gasteiger partial charge in [-0.2, -0.15) is 8.78 Å². The van der Waals surface area contributed by atoms with Gasteiger partial charge in [-0.05, 0) is 31.0 Å². The van der Waals surface area contributed by atoms with Gasteiger partial charge in [0, 0.05) is 6.61 Å². The molecule has 0 saturated carbocycles. The van der Waals surface area contributed by atoms with E-state index in [2.05, 4.69) is 5.32 Å².